The van der Waals surface area contributed by atoms with E-state index in [1.807, 2.05) is 30.3 Å². The van der Waals surface area contributed by atoms with Gasteiger partial charge in [-0.3, -0.25) is 4.79 Å². The Labute approximate surface area is 171 Å². The molecule has 0 saturated heterocycles. The number of benzene rings is 2. The van der Waals surface area contributed by atoms with E-state index in [1.54, 1.807) is 31.4 Å². The van der Waals surface area contributed by atoms with Crippen molar-refractivity contribution in [3.8, 4) is 17.0 Å². The molecule has 0 aliphatic carbocycles. The van der Waals surface area contributed by atoms with Crippen molar-refractivity contribution in [2.24, 2.45) is 0 Å². The van der Waals surface area contributed by atoms with Crippen molar-refractivity contribution >= 4 is 11.6 Å². The minimum atomic E-state index is -2.78. The van der Waals surface area contributed by atoms with Crippen LogP contribution in [0, 0.1) is 0 Å². The van der Waals surface area contributed by atoms with Crippen LogP contribution in [0.5, 0.6) is 5.75 Å². The number of ether oxygens (including phenoxy) is 1. The second-order valence-corrected chi connectivity index (χ2v) is 6.56. The zero-order valence-corrected chi connectivity index (χ0v) is 16.0. The summed E-state index contributed by atoms with van der Waals surface area (Å²) in [5.74, 6) is 0.202. The Kier molecular flexibility index (Phi) is 5.38. The summed E-state index contributed by atoms with van der Waals surface area (Å²) in [6, 6.07) is 17.5. The maximum absolute atomic E-state index is 13.7. The first-order valence-electron chi connectivity index (χ1n) is 9.20. The van der Waals surface area contributed by atoms with Gasteiger partial charge in [0, 0.05) is 12.1 Å². The molecule has 0 aliphatic rings. The predicted octanol–water partition coefficient (Wildman–Crippen LogP) is 4.27. The number of alkyl halides is 2. The Hall–Kier alpha value is -3.81. The van der Waals surface area contributed by atoms with Gasteiger partial charge in [0.1, 0.15) is 17.0 Å². The van der Waals surface area contributed by atoms with Crippen molar-refractivity contribution in [1.82, 2.24) is 19.9 Å². The summed E-state index contributed by atoms with van der Waals surface area (Å²) in [7, 11) is 1.54. The van der Waals surface area contributed by atoms with E-state index >= 15 is 0 Å². The summed E-state index contributed by atoms with van der Waals surface area (Å²) in [5.41, 5.74) is 1.72. The van der Waals surface area contributed by atoms with Crippen LogP contribution < -0.4 is 10.1 Å². The molecule has 0 fully saturated rings. The van der Waals surface area contributed by atoms with Crippen LogP contribution >= 0.6 is 0 Å². The number of nitrogens with zero attached hydrogens (tertiary/aromatic N) is 3. The third-order valence-corrected chi connectivity index (χ3v) is 4.65. The third kappa shape index (κ3) is 3.84. The van der Waals surface area contributed by atoms with Gasteiger partial charge in [-0.25, -0.2) is 18.3 Å². The lowest BCUT2D eigenvalue weighted by molar-refractivity contribution is 0.0952. The van der Waals surface area contributed by atoms with Crippen LogP contribution in [0.3, 0.4) is 0 Å². The van der Waals surface area contributed by atoms with E-state index in [2.05, 4.69) is 15.4 Å². The SMILES string of the molecule is COc1ccc(-c2cc(C(F)F)n3ncc(C(=O)NCc4ccccc4)c3n2)cc1. The van der Waals surface area contributed by atoms with Crippen LogP contribution in [0.2, 0.25) is 0 Å². The van der Waals surface area contributed by atoms with Crippen LogP contribution in [0.15, 0.2) is 66.9 Å². The molecule has 6 nitrogen and oxygen atoms in total. The largest absolute Gasteiger partial charge is 0.497 e. The molecule has 0 unspecified atom stereocenters. The summed E-state index contributed by atoms with van der Waals surface area (Å²) in [6.07, 6.45) is -1.53. The lowest BCUT2D eigenvalue weighted by atomic mass is 10.1. The van der Waals surface area contributed by atoms with E-state index in [9.17, 15) is 13.6 Å². The number of carbonyl (C=O) groups is 1. The maximum Gasteiger partial charge on any atom is 0.280 e. The van der Waals surface area contributed by atoms with Crippen LogP contribution in [0.1, 0.15) is 28.0 Å². The molecule has 0 spiro atoms. The molecule has 30 heavy (non-hydrogen) atoms. The summed E-state index contributed by atoms with van der Waals surface area (Å²) in [5, 5.41) is 6.75. The summed E-state index contributed by atoms with van der Waals surface area (Å²) < 4.78 is 33.5. The van der Waals surface area contributed by atoms with Gasteiger partial charge < -0.3 is 10.1 Å². The molecule has 0 aliphatic heterocycles. The molecule has 4 aromatic rings. The van der Waals surface area contributed by atoms with E-state index in [0.717, 1.165) is 10.1 Å². The van der Waals surface area contributed by atoms with Gasteiger partial charge in [-0.2, -0.15) is 5.10 Å². The van der Waals surface area contributed by atoms with E-state index in [4.69, 9.17) is 4.74 Å². The van der Waals surface area contributed by atoms with Gasteiger partial charge in [0.05, 0.1) is 19.0 Å². The number of rotatable bonds is 6. The van der Waals surface area contributed by atoms with Gasteiger partial charge >= 0.3 is 0 Å². The number of carbonyl (C=O) groups excluding carboxylic acids is 1. The maximum atomic E-state index is 13.7. The highest BCUT2D eigenvalue weighted by molar-refractivity contribution is 5.99. The van der Waals surface area contributed by atoms with Gasteiger partial charge in [-0.05, 0) is 35.9 Å². The second-order valence-electron chi connectivity index (χ2n) is 6.56. The number of fused-ring (bicyclic) bond motifs is 1. The van der Waals surface area contributed by atoms with E-state index in [0.29, 0.717) is 23.6 Å². The second kappa shape index (κ2) is 8.28. The number of nitrogens with one attached hydrogen (secondary N) is 1. The quantitative estimate of drug-likeness (QED) is 0.517. The number of halogens is 2. The Morgan fingerprint density at radius 2 is 1.87 bits per heavy atom. The molecule has 1 N–H and O–H groups in total. The van der Waals surface area contributed by atoms with Crippen LogP contribution in [-0.2, 0) is 6.54 Å². The molecular weight excluding hydrogens is 390 g/mol. The van der Waals surface area contributed by atoms with Crippen molar-refractivity contribution in [2.75, 3.05) is 7.11 Å². The molecule has 8 heteroatoms. The highest BCUT2D eigenvalue weighted by Gasteiger charge is 2.21. The monoisotopic (exact) mass is 408 g/mol. The van der Waals surface area contributed by atoms with Gasteiger partial charge in [0.2, 0.25) is 0 Å². The number of hydrogen-bond acceptors (Lipinski definition) is 4. The highest BCUT2D eigenvalue weighted by atomic mass is 19.3. The number of hydrogen-bond donors (Lipinski definition) is 1. The Balaban J connectivity index is 1.72. The molecule has 152 valence electrons. The number of methoxy groups -OCH3 is 1. The molecule has 2 aromatic heterocycles. The van der Waals surface area contributed by atoms with Crippen LogP contribution in [0.4, 0.5) is 8.78 Å². The Morgan fingerprint density at radius 3 is 2.53 bits per heavy atom. The molecule has 0 radical (unpaired) electrons. The Bertz CT molecular complexity index is 1180. The lowest BCUT2D eigenvalue weighted by Crippen LogP contribution is -2.22. The zero-order valence-electron chi connectivity index (χ0n) is 16.0. The molecule has 4 rings (SSSR count). The van der Waals surface area contributed by atoms with Gasteiger partial charge in [-0.1, -0.05) is 30.3 Å². The van der Waals surface area contributed by atoms with Gasteiger partial charge in [-0.15, -0.1) is 0 Å². The fraction of sp³-hybridized carbons (Fsp3) is 0.136. The summed E-state index contributed by atoms with van der Waals surface area (Å²) in [4.78, 5) is 17.1. The lowest BCUT2D eigenvalue weighted by Gasteiger charge is -2.09. The van der Waals surface area contributed by atoms with Crippen molar-refractivity contribution in [2.45, 2.75) is 13.0 Å². The number of amides is 1. The standard InChI is InChI=1S/C22H18F2N4O2/c1-30-16-9-7-15(8-10-16)18-11-19(20(23)24)28-21(27-18)17(13-26-28)22(29)25-12-14-5-3-2-4-6-14/h2-11,13,20H,12H2,1H3,(H,25,29). The molecule has 0 bridgehead atoms. The minimum absolute atomic E-state index is 0.0733. The molecule has 0 saturated carbocycles. The minimum Gasteiger partial charge on any atom is -0.497 e. The van der Waals surface area contributed by atoms with Crippen LogP contribution in [-0.4, -0.2) is 27.6 Å². The van der Waals surface area contributed by atoms with E-state index in [-0.39, 0.29) is 16.9 Å². The molecular formula is C22H18F2N4O2. The third-order valence-electron chi connectivity index (χ3n) is 4.65. The average molecular weight is 408 g/mol. The van der Waals surface area contributed by atoms with Gasteiger partial charge in [0.15, 0.2) is 5.65 Å². The first-order valence-corrected chi connectivity index (χ1v) is 9.20. The summed E-state index contributed by atoms with van der Waals surface area (Å²) >= 11 is 0. The van der Waals surface area contributed by atoms with Crippen molar-refractivity contribution in [3.05, 3.63) is 83.7 Å². The van der Waals surface area contributed by atoms with Crippen molar-refractivity contribution in [1.29, 1.82) is 0 Å². The predicted molar refractivity (Wildman–Crippen MR) is 108 cm³/mol. The Morgan fingerprint density at radius 1 is 1.13 bits per heavy atom. The number of aromatic nitrogens is 3. The van der Waals surface area contributed by atoms with Crippen LogP contribution in [0.25, 0.3) is 16.9 Å². The van der Waals surface area contributed by atoms with E-state index < -0.39 is 12.3 Å². The normalized spacial score (nSPS) is 11.1. The van der Waals surface area contributed by atoms with Crippen molar-refractivity contribution in [3.63, 3.8) is 0 Å². The first-order chi connectivity index (χ1) is 14.6. The topological polar surface area (TPSA) is 68.5 Å². The smallest absolute Gasteiger partial charge is 0.280 e. The molecule has 2 heterocycles. The molecule has 1 amide bonds. The summed E-state index contributed by atoms with van der Waals surface area (Å²) in [6.45, 7) is 0.302. The fourth-order valence-electron chi connectivity index (χ4n) is 3.08. The van der Waals surface area contributed by atoms with Crippen molar-refractivity contribution < 1.29 is 18.3 Å². The van der Waals surface area contributed by atoms with E-state index in [1.165, 1.54) is 12.3 Å². The fourth-order valence-corrected chi connectivity index (χ4v) is 3.08. The molecule has 2 aromatic carbocycles. The highest BCUT2D eigenvalue weighted by Crippen LogP contribution is 2.27. The van der Waals surface area contributed by atoms with Gasteiger partial charge in [0.25, 0.3) is 12.3 Å². The average Bonchev–Trinajstić information content (AvgIpc) is 3.21. The zero-order chi connectivity index (χ0) is 21.1. The first kappa shape index (κ1) is 19.5. The molecule has 0 atom stereocenters.